The molecule has 6 aromatic rings. The van der Waals surface area contributed by atoms with E-state index in [9.17, 15) is 14.4 Å². The number of nitrogens with two attached hydrogens (primary N) is 1. The van der Waals surface area contributed by atoms with Gasteiger partial charge in [-0.3, -0.25) is 14.4 Å². The standard InChI is InChI=1S/C49H48N8O4/c50-43(36-10-3-1-4-11-36)48(59)56-27-7-14-40(56)45-51-30-38(53-45)34-23-19-32(20-24-34)17-18-33-21-25-35(26-22-33)39-31-52-46(54-39)41-15-8-28-57(41)49(60)44(37-12-5-2-6-13-37)55-47(58)42-16-9-29-61-42/h1-6,10-13,19-26,30-31,40-44H,7-9,14-16,27-29,50H2,(H,51,53)(H,52,54)(H,55,58)/t40-,41-,42-,43+,44+/m0/s1. The third-order valence-corrected chi connectivity index (χ3v) is 12.0. The van der Waals surface area contributed by atoms with Gasteiger partial charge >= 0.3 is 0 Å². The Morgan fingerprint density at radius 2 is 1.16 bits per heavy atom. The number of amides is 3. The zero-order chi connectivity index (χ0) is 41.7. The molecule has 5 heterocycles. The van der Waals surface area contributed by atoms with Crippen molar-refractivity contribution in [3.05, 3.63) is 155 Å². The van der Waals surface area contributed by atoms with Crippen molar-refractivity contribution in [2.45, 2.75) is 68.8 Å². The molecule has 61 heavy (non-hydrogen) atoms. The molecule has 3 aliphatic rings. The summed E-state index contributed by atoms with van der Waals surface area (Å²) in [5.41, 5.74) is 13.3. The molecule has 5 atom stereocenters. The first kappa shape index (κ1) is 39.6. The molecule has 12 heteroatoms. The van der Waals surface area contributed by atoms with E-state index in [-0.39, 0.29) is 29.8 Å². The zero-order valence-electron chi connectivity index (χ0n) is 33.8. The minimum atomic E-state index is -0.817. The van der Waals surface area contributed by atoms with Gasteiger partial charge in [-0.2, -0.15) is 0 Å². The Morgan fingerprint density at radius 3 is 1.67 bits per heavy atom. The molecule has 0 radical (unpaired) electrons. The minimum Gasteiger partial charge on any atom is -0.368 e. The first-order valence-electron chi connectivity index (χ1n) is 21.1. The van der Waals surface area contributed by atoms with Crippen molar-refractivity contribution in [1.82, 2.24) is 35.1 Å². The number of benzene rings is 4. The largest absolute Gasteiger partial charge is 0.368 e. The van der Waals surface area contributed by atoms with Crippen LogP contribution in [0.2, 0.25) is 0 Å². The predicted molar refractivity (Wildman–Crippen MR) is 231 cm³/mol. The van der Waals surface area contributed by atoms with E-state index < -0.39 is 18.2 Å². The van der Waals surface area contributed by atoms with Crippen LogP contribution in [0.25, 0.3) is 22.5 Å². The van der Waals surface area contributed by atoms with Crippen molar-refractivity contribution < 1.29 is 19.1 Å². The molecular weight excluding hydrogens is 765 g/mol. The number of hydrogen-bond donors (Lipinski definition) is 4. The Labute approximate surface area is 354 Å². The number of aromatic amines is 2. The second kappa shape index (κ2) is 17.8. The summed E-state index contributed by atoms with van der Waals surface area (Å²) in [5.74, 6) is 7.53. The molecule has 0 unspecified atom stereocenters. The average Bonchev–Trinajstić information content (AvgIpc) is 4.17. The van der Waals surface area contributed by atoms with Crippen LogP contribution in [0.4, 0.5) is 0 Å². The van der Waals surface area contributed by atoms with E-state index in [1.165, 1.54) is 0 Å². The lowest BCUT2D eigenvalue weighted by Gasteiger charge is -2.29. The Kier molecular flexibility index (Phi) is 11.6. The summed E-state index contributed by atoms with van der Waals surface area (Å²) < 4.78 is 5.61. The van der Waals surface area contributed by atoms with E-state index in [1.807, 2.05) is 125 Å². The van der Waals surface area contributed by atoms with Gasteiger partial charge < -0.3 is 35.6 Å². The van der Waals surface area contributed by atoms with Crippen LogP contribution in [0.5, 0.6) is 0 Å². The first-order valence-corrected chi connectivity index (χ1v) is 21.1. The average molecular weight is 813 g/mol. The molecule has 3 amide bonds. The smallest absolute Gasteiger partial charge is 0.250 e. The topological polar surface area (TPSA) is 162 Å². The van der Waals surface area contributed by atoms with Crippen LogP contribution in [-0.4, -0.2) is 73.3 Å². The third kappa shape index (κ3) is 8.62. The number of aromatic nitrogens is 4. The second-order valence-corrected chi connectivity index (χ2v) is 15.9. The number of hydrogen-bond acceptors (Lipinski definition) is 7. The highest BCUT2D eigenvalue weighted by atomic mass is 16.5. The van der Waals surface area contributed by atoms with Gasteiger partial charge in [0.1, 0.15) is 29.8 Å². The van der Waals surface area contributed by atoms with E-state index in [4.69, 9.17) is 15.5 Å². The second-order valence-electron chi connectivity index (χ2n) is 15.9. The number of rotatable bonds is 10. The number of H-pyrrole nitrogens is 2. The van der Waals surface area contributed by atoms with Crippen LogP contribution in [0, 0.1) is 11.8 Å². The summed E-state index contributed by atoms with van der Waals surface area (Å²) in [6.45, 7) is 1.78. The molecule has 2 aromatic heterocycles. The molecule has 5 N–H and O–H groups in total. The maximum Gasteiger partial charge on any atom is 0.250 e. The summed E-state index contributed by atoms with van der Waals surface area (Å²) in [6, 6.07) is 33.0. The molecule has 3 aliphatic heterocycles. The Balaban J connectivity index is 0.829. The van der Waals surface area contributed by atoms with E-state index in [2.05, 4.69) is 32.1 Å². The number of nitrogens with zero attached hydrogens (tertiary/aromatic N) is 4. The number of ether oxygens (including phenoxy) is 1. The fourth-order valence-corrected chi connectivity index (χ4v) is 8.65. The number of likely N-dealkylation sites (tertiary alicyclic amines) is 2. The highest BCUT2D eigenvalue weighted by molar-refractivity contribution is 5.90. The van der Waals surface area contributed by atoms with Crippen molar-refractivity contribution >= 4 is 17.7 Å². The van der Waals surface area contributed by atoms with Gasteiger partial charge in [0.25, 0.3) is 0 Å². The summed E-state index contributed by atoms with van der Waals surface area (Å²) in [5, 5.41) is 3.00. The molecule has 12 nitrogen and oxygen atoms in total. The van der Waals surface area contributed by atoms with Crippen LogP contribution >= 0.6 is 0 Å². The van der Waals surface area contributed by atoms with E-state index in [0.717, 1.165) is 88.5 Å². The first-order chi connectivity index (χ1) is 29.9. The van der Waals surface area contributed by atoms with Gasteiger partial charge in [0.2, 0.25) is 17.7 Å². The van der Waals surface area contributed by atoms with Gasteiger partial charge in [0.15, 0.2) is 0 Å². The third-order valence-electron chi connectivity index (χ3n) is 12.0. The van der Waals surface area contributed by atoms with Gasteiger partial charge in [0, 0.05) is 30.8 Å². The van der Waals surface area contributed by atoms with Crippen LogP contribution in [0.15, 0.2) is 122 Å². The molecule has 4 aromatic carbocycles. The molecule has 3 saturated heterocycles. The highest BCUT2D eigenvalue weighted by Gasteiger charge is 2.38. The Morgan fingerprint density at radius 1 is 0.656 bits per heavy atom. The molecule has 0 saturated carbocycles. The molecule has 0 spiro atoms. The fraction of sp³-hybridized carbons (Fsp3) is 0.286. The minimum absolute atomic E-state index is 0.0896. The molecule has 0 aliphatic carbocycles. The lowest BCUT2D eigenvalue weighted by Crippen LogP contribution is -2.45. The van der Waals surface area contributed by atoms with Crippen molar-refractivity contribution in [3.63, 3.8) is 0 Å². The molecular formula is C49H48N8O4. The normalized spacial score (nSPS) is 19.6. The Hall–Kier alpha value is -6.81. The van der Waals surface area contributed by atoms with E-state index in [0.29, 0.717) is 26.1 Å². The lowest BCUT2D eigenvalue weighted by molar-refractivity contribution is -0.140. The molecule has 308 valence electrons. The number of carbonyl (C=O) groups is 3. The summed E-state index contributed by atoms with van der Waals surface area (Å²) in [4.78, 5) is 60.7. The van der Waals surface area contributed by atoms with Crippen LogP contribution < -0.4 is 11.1 Å². The maximum absolute atomic E-state index is 14.2. The zero-order valence-corrected chi connectivity index (χ0v) is 33.8. The SMILES string of the molecule is N[C@@H](C(=O)N1CCC[C@H]1c1ncc(-c2ccc(C#Cc3ccc(-c4cnc([C@@H]5CCCN5C(=O)[C@H](NC(=O)[C@@H]5CCCO5)c5ccccc5)[nH]4)cc3)cc2)[nH]1)c1ccccc1. The molecule has 9 rings (SSSR count). The van der Waals surface area contributed by atoms with E-state index >= 15 is 0 Å². The maximum atomic E-state index is 14.2. The van der Waals surface area contributed by atoms with Crippen molar-refractivity contribution in [1.29, 1.82) is 0 Å². The lowest BCUT2D eigenvalue weighted by atomic mass is 10.0. The van der Waals surface area contributed by atoms with Gasteiger partial charge in [-0.05, 0) is 85.0 Å². The van der Waals surface area contributed by atoms with Crippen LogP contribution in [-0.2, 0) is 19.1 Å². The monoisotopic (exact) mass is 812 g/mol. The van der Waals surface area contributed by atoms with Crippen molar-refractivity contribution in [3.8, 4) is 34.4 Å². The predicted octanol–water partition coefficient (Wildman–Crippen LogP) is 6.93. The van der Waals surface area contributed by atoms with Gasteiger partial charge in [-0.15, -0.1) is 0 Å². The van der Waals surface area contributed by atoms with Gasteiger partial charge in [0.05, 0.1) is 35.9 Å². The van der Waals surface area contributed by atoms with Crippen molar-refractivity contribution in [2.24, 2.45) is 5.73 Å². The summed E-state index contributed by atoms with van der Waals surface area (Å²) in [7, 11) is 0. The Bertz CT molecular complexity index is 2540. The van der Waals surface area contributed by atoms with Crippen LogP contribution in [0.3, 0.4) is 0 Å². The number of carbonyl (C=O) groups excluding carboxylic acids is 3. The van der Waals surface area contributed by atoms with Crippen molar-refractivity contribution in [2.75, 3.05) is 19.7 Å². The summed E-state index contributed by atoms with van der Waals surface area (Å²) >= 11 is 0. The van der Waals surface area contributed by atoms with Gasteiger partial charge in [-0.25, -0.2) is 9.97 Å². The fourth-order valence-electron chi connectivity index (χ4n) is 8.65. The number of imidazole rings is 2. The van der Waals surface area contributed by atoms with Gasteiger partial charge in [-0.1, -0.05) is 96.8 Å². The highest BCUT2D eigenvalue weighted by Crippen LogP contribution is 2.35. The summed E-state index contributed by atoms with van der Waals surface area (Å²) in [6.07, 6.45) is 7.90. The number of nitrogens with one attached hydrogen (secondary N) is 3. The quantitative estimate of drug-likeness (QED) is 0.109. The van der Waals surface area contributed by atoms with E-state index in [1.54, 1.807) is 6.20 Å². The molecule has 3 fully saturated rings. The van der Waals surface area contributed by atoms with Crippen LogP contribution in [0.1, 0.15) is 96.6 Å². The molecule has 0 bridgehead atoms.